The minimum absolute atomic E-state index is 0.00253. The molecule has 5 nitrogen and oxygen atoms in total. The highest BCUT2D eigenvalue weighted by Gasteiger charge is 2.24. The number of carbonyl (C=O) groups is 1. The van der Waals surface area contributed by atoms with E-state index in [1.165, 1.54) is 18.3 Å². The van der Waals surface area contributed by atoms with Crippen molar-refractivity contribution in [2.24, 2.45) is 0 Å². The van der Waals surface area contributed by atoms with Crippen LogP contribution in [-0.4, -0.2) is 15.9 Å². The molecule has 0 bridgehead atoms. The smallest absolute Gasteiger partial charge is 0.227 e. The molecule has 0 aliphatic carbocycles. The highest BCUT2D eigenvalue weighted by atomic mass is 19.1. The molecule has 1 aliphatic heterocycles. The van der Waals surface area contributed by atoms with E-state index in [9.17, 15) is 9.18 Å². The number of nitrogens with two attached hydrogens (primary N) is 1. The van der Waals surface area contributed by atoms with E-state index in [1.54, 1.807) is 17.2 Å². The monoisotopic (exact) mass is 272 g/mol. The summed E-state index contributed by atoms with van der Waals surface area (Å²) in [5.41, 5.74) is 7.71. The van der Waals surface area contributed by atoms with Crippen molar-refractivity contribution < 1.29 is 9.18 Å². The van der Waals surface area contributed by atoms with Crippen molar-refractivity contribution in [2.45, 2.75) is 19.4 Å². The van der Waals surface area contributed by atoms with Gasteiger partial charge in [-0.15, -0.1) is 0 Å². The Kier molecular flexibility index (Phi) is 3.06. The van der Waals surface area contributed by atoms with Crippen molar-refractivity contribution in [2.75, 3.05) is 10.6 Å². The number of fused-ring (bicyclic) bond motifs is 1. The Balaban J connectivity index is 1.93. The number of carbonyl (C=O) groups excluding carboxylic acids is 1. The molecule has 0 radical (unpaired) electrons. The van der Waals surface area contributed by atoms with Gasteiger partial charge >= 0.3 is 0 Å². The fraction of sp³-hybridized carbons (Fsp3) is 0.214. The third-order valence-electron chi connectivity index (χ3n) is 3.29. The maximum absolute atomic E-state index is 13.3. The van der Waals surface area contributed by atoms with E-state index in [2.05, 4.69) is 9.97 Å². The molecule has 0 saturated carbocycles. The molecule has 20 heavy (non-hydrogen) atoms. The van der Waals surface area contributed by atoms with Gasteiger partial charge in [-0.05, 0) is 30.2 Å². The van der Waals surface area contributed by atoms with Crippen LogP contribution in [0.25, 0.3) is 0 Å². The number of benzene rings is 1. The summed E-state index contributed by atoms with van der Waals surface area (Å²) in [7, 11) is 0. The Hall–Kier alpha value is -2.50. The molecule has 1 aromatic carbocycles. The maximum atomic E-state index is 13.3. The fourth-order valence-electron chi connectivity index (χ4n) is 2.31. The van der Waals surface area contributed by atoms with Crippen molar-refractivity contribution >= 4 is 17.4 Å². The molecule has 3 rings (SSSR count). The maximum Gasteiger partial charge on any atom is 0.227 e. The minimum Gasteiger partial charge on any atom is -0.382 e. The van der Waals surface area contributed by atoms with Gasteiger partial charge in [-0.2, -0.15) is 0 Å². The predicted octanol–water partition coefficient (Wildman–Crippen LogP) is 1.68. The molecule has 102 valence electrons. The molecule has 0 unspecified atom stereocenters. The lowest BCUT2D eigenvalue weighted by Gasteiger charge is -2.29. The number of halogens is 1. The molecule has 1 aliphatic rings. The summed E-state index contributed by atoms with van der Waals surface area (Å²) in [5.74, 6) is 0.0502. The van der Waals surface area contributed by atoms with Gasteiger partial charge in [-0.1, -0.05) is 0 Å². The predicted molar refractivity (Wildman–Crippen MR) is 72.4 cm³/mol. The molecular weight excluding hydrogens is 259 g/mol. The van der Waals surface area contributed by atoms with Crippen LogP contribution >= 0.6 is 0 Å². The first-order valence-electron chi connectivity index (χ1n) is 6.28. The normalized spacial score (nSPS) is 14.2. The van der Waals surface area contributed by atoms with Crippen molar-refractivity contribution in [1.29, 1.82) is 0 Å². The van der Waals surface area contributed by atoms with Crippen molar-refractivity contribution in [1.82, 2.24) is 9.97 Å². The molecule has 0 saturated heterocycles. The lowest BCUT2D eigenvalue weighted by atomic mass is 10.0. The lowest BCUT2D eigenvalue weighted by Crippen LogP contribution is -2.34. The number of aromatic nitrogens is 2. The van der Waals surface area contributed by atoms with E-state index in [1.807, 2.05) is 0 Å². The van der Waals surface area contributed by atoms with E-state index < -0.39 is 0 Å². The first-order chi connectivity index (χ1) is 9.63. The van der Waals surface area contributed by atoms with Crippen molar-refractivity contribution in [3.63, 3.8) is 0 Å². The van der Waals surface area contributed by atoms with Crippen molar-refractivity contribution in [3.05, 3.63) is 47.7 Å². The van der Waals surface area contributed by atoms with E-state index in [4.69, 9.17) is 5.73 Å². The van der Waals surface area contributed by atoms with Gasteiger partial charge in [0.25, 0.3) is 0 Å². The van der Waals surface area contributed by atoms with E-state index >= 15 is 0 Å². The largest absolute Gasteiger partial charge is 0.382 e. The Morgan fingerprint density at radius 3 is 2.85 bits per heavy atom. The van der Waals surface area contributed by atoms with Gasteiger partial charge in [0.05, 0.1) is 24.6 Å². The Bertz CT molecular complexity index is 657. The Labute approximate surface area is 115 Å². The average molecular weight is 272 g/mol. The second-order valence-electron chi connectivity index (χ2n) is 4.69. The second kappa shape index (κ2) is 4.88. The van der Waals surface area contributed by atoms with Crippen LogP contribution in [0.15, 0.2) is 30.6 Å². The van der Waals surface area contributed by atoms with Crippen LogP contribution in [0.4, 0.5) is 15.9 Å². The number of nitrogen functional groups attached to an aromatic ring is 1. The van der Waals surface area contributed by atoms with Crippen LogP contribution in [0.1, 0.15) is 17.7 Å². The zero-order chi connectivity index (χ0) is 14.1. The number of anilines is 2. The number of amides is 1. The number of rotatable bonds is 2. The van der Waals surface area contributed by atoms with Gasteiger partial charge in [0.2, 0.25) is 5.91 Å². The van der Waals surface area contributed by atoms with Gasteiger partial charge in [0, 0.05) is 12.1 Å². The lowest BCUT2D eigenvalue weighted by molar-refractivity contribution is -0.119. The number of hydrogen-bond acceptors (Lipinski definition) is 4. The van der Waals surface area contributed by atoms with Crippen LogP contribution in [0.5, 0.6) is 0 Å². The summed E-state index contributed by atoms with van der Waals surface area (Å²) in [4.78, 5) is 21.8. The van der Waals surface area contributed by atoms with Gasteiger partial charge < -0.3 is 10.6 Å². The Morgan fingerprint density at radius 1 is 1.25 bits per heavy atom. The zero-order valence-corrected chi connectivity index (χ0v) is 10.7. The van der Waals surface area contributed by atoms with E-state index in [-0.39, 0.29) is 11.7 Å². The topological polar surface area (TPSA) is 72.1 Å². The highest BCUT2D eigenvalue weighted by Crippen LogP contribution is 2.29. The third-order valence-corrected chi connectivity index (χ3v) is 3.29. The number of nitrogens with zero attached hydrogens (tertiary/aromatic N) is 3. The number of hydrogen-bond donors (Lipinski definition) is 1. The summed E-state index contributed by atoms with van der Waals surface area (Å²) in [6, 6.07) is 4.47. The molecule has 2 N–H and O–H groups in total. The average Bonchev–Trinajstić information content (AvgIpc) is 2.44. The molecule has 0 fully saturated rings. The summed E-state index contributed by atoms with van der Waals surface area (Å²) in [6.07, 6.45) is 3.93. The van der Waals surface area contributed by atoms with Gasteiger partial charge in [0.1, 0.15) is 11.6 Å². The number of aryl methyl sites for hydroxylation is 1. The SMILES string of the molecule is Nc1cnc(CN2C(=O)CCc3cc(F)ccc32)cn1. The summed E-state index contributed by atoms with van der Waals surface area (Å²) >= 11 is 0. The van der Waals surface area contributed by atoms with E-state index in [0.29, 0.717) is 30.9 Å². The van der Waals surface area contributed by atoms with Gasteiger partial charge in [-0.3, -0.25) is 9.78 Å². The molecule has 1 amide bonds. The molecule has 1 aromatic heterocycles. The summed E-state index contributed by atoms with van der Waals surface area (Å²) < 4.78 is 13.3. The van der Waals surface area contributed by atoms with E-state index in [0.717, 1.165) is 11.3 Å². The highest BCUT2D eigenvalue weighted by molar-refractivity contribution is 5.96. The van der Waals surface area contributed by atoms with Crippen LogP contribution in [-0.2, 0) is 17.8 Å². The Morgan fingerprint density at radius 2 is 2.10 bits per heavy atom. The van der Waals surface area contributed by atoms with Crippen LogP contribution in [0.3, 0.4) is 0 Å². The third kappa shape index (κ3) is 2.32. The molecule has 2 heterocycles. The standard InChI is InChI=1S/C14H13FN4O/c15-10-2-3-12-9(5-10)1-4-14(20)19(12)8-11-6-18-13(16)7-17-11/h2-3,5-7H,1,4,8H2,(H2,16,18). The van der Waals surface area contributed by atoms with Gasteiger partial charge in [0.15, 0.2) is 0 Å². The molecule has 0 atom stereocenters. The molecule has 6 heteroatoms. The van der Waals surface area contributed by atoms with Crippen molar-refractivity contribution in [3.8, 4) is 0 Å². The van der Waals surface area contributed by atoms with Crippen LogP contribution in [0, 0.1) is 5.82 Å². The first kappa shape index (κ1) is 12.5. The quantitative estimate of drug-likeness (QED) is 0.902. The summed E-state index contributed by atoms with van der Waals surface area (Å²) in [6.45, 7) is 0.310. The first-order valence-corrected chi connectivity index (χ1v) is 6.28. The fourth-order valence-corrected chi connectivity index (χ4v) is 2.31. The molecule has 0 spiro atoms. The second-order valence-corrected chi connectivity index (χ2v) is 4.69. The minimum atomic E-state index is -0.287. The molecular formula is C14H13FN4O. The summed E-state index contributed by atoms with van der Waals surface area (Å²) in [5, 5.41) is 0. The van der Waals surface area contributed by atoms with Crippen LogP contribution < -0.4 is 10.6 Å². The zero-order valence-electron chi connectivity index (χ0n) is 10.7. The van der Waals surface area contributed by atoms with Gasteiger partial charge in [-0.25, -0.2) is 9.37 Å². The van der Waals surface area contributed by atoms with Crippen LogP contribution in [0.2, 0.25) is 0 Å². The molecule has 2 aromatic rings.